The molecule has 4 aromatic rings. The summed E-state index contributed by atoms with van der Waals surface area (Å²) < 4.78 is 14.5. The number of aliphatic hydroxyl groups is 1. The molecular formula is C20H16FN5O2S. The predicted octanol–water partition coefficient (Wildman–Crippen LogP) is 2.94. The van der Waals surface area contributed by atoms with Crippen molar-refractivity contribution in [2.24, 2.45) is 0 Å². The summed E-state index contributed by atoms with van der Waals surface area (Å²) in [5.74, 6) is -0.848. The van der Waals surface area contributed by atoms with Gasteiger partial charge in [0.15, 0.2) is 11.2 Å². The molecule has 1 amide bonds. The highest BCUT2D eigenvalue weighted by Gasteiger charge is 2.45. The van der Waals surface area contributed by atoms with E-state index in [0.29, 0.717) is 40.4 Å². The van der Waals surface area contributed by atoms with E-state index in [1.165, 1.54) is 28.6 Å². The number of aromatic amines is 1. The lowest BCUT2D eigenvalue weighted by atomic mass is 9.91. The highest BCUT2D eigenvalue weighted by molar-refractivity contribution is 7.13. The number of hydrogen-bond acceptors (Lipinski definition) is 6. The summed E-state index contributed by atoms with van der Waals surface area (Å²) in [6, 6.07) is 7.14. The number of rotatable bonds is 3. The van der Waals surface area contributed by atoms with Crippen LogP contribution >= 0.6 is 11.3 Å². The Kier molecular flexibility index (Phi) is 3.97. The fourth-order valence-electron chi connectivity index (χ4n) is 3.67. The highest BCUT2D eigenvalue weighted by atomic mass is 32.1. The van der Waals surface area contributed by atoms with Gasteiger partial charge in [0.1, 0.15) is 10.5 Å². The first-order valence-electron chi connectivity index (χ1n) is 9.00. The molecule has 3 aromatic heterocycles. The number of aromatic nitrogens is 4. The Bertz CT molecular complexity index is 1250. The maximum atomic E-state index is 14.5. The van der Waals surface area contributed by atoms with Gasteiger partial charge in [0, 0.05) is 43.4 Å². The average Bonchev–Trinajstić information content (AvgIpc) is 3.41. The monoisotopic (exact) mass is 409 g/mol. The van der Waals surface area contributed by atoms with E-state index in [9.17, 15) is 14.3 Å². The van der Waals surface area contributed by atoms with Crippen LogP contribution in [-0.2, 0) is 10.4 Å². The van der Waals surface area contributed by atoms with Crippen molar-refractivity contribution in [3.8, 4) is 21.8 Å². The van der Waals surface area contributed by atoms with Crippen LogP contribution in [0.1, 0.15) is 12.0 Å². The second-order valence-corrected chi connectivity index (χ2v) is 7.88. The minimum absolute atomic E-state index is 0.276. The van der Waals surface area contributed by atoms with Crippen LogP contribution in [0.5, 0.6) is 0 Å². The Labute approximate surface area is 168 Å². The van der Waals surface area contributed by atoms with Gasteiger partial charge >= 0.3 is 0 Å². The molecule has 0 spiro atoms. The van der Waals surface area contributed by atoms with E-state index in [-0.39, 0.29) is 11.5 Å². The van der Waals surface area contributed by atoms with Crippen LogP contribution in [0.3, 0.4) is 0 Å². The van der Waals surface area contributed by atoms with Crippen molar-refractivity contribution < 1.29 is 14.3 Å². The molecule has 7 nitrogen and oxygen atoms in total. The summed E-state index contributed by atoms with van der Waals surface area (Å²) >= 11 is 1.35. The van der Waals surface area contributed by atoms with Gasteiger partial charge in [0.2, 0.25) is 5.95 Å². The Morgan fingerprint density at radius 1 is 1.31 bits per heavy atom. The first-order chi connectivity index (χ1) is 14.0. The molecule has 1 aromatic carbocycles. The Hall–Kier alpha value is -3.17. The third-order valence-electron chi connectivity index (χ3n) is 5.24. The van der Waals surface area contributed by atoms with Gasteiger partial charge in [-0.2, -0.15) is 4.39 Å². The standard InChI is InChI=1S/C20H16FN5O2S/c1-26-8-5-20(28,19(26)27)12-4-2-3-11(9-12)18-24-13(10-29-18)14-15-17(25-16(14)21)23-7-6-22-15/h2-4,6-7,9-10,28H,5,8H2,1H3,(H,23,25)/t20-/m1/s1. The molecule has 4 heterocycles. The number of halogens is 1. The van der Waals surface area contributed by atoms with Crippen molar-refractivity contribution in [1.29, 1.82) is 0 Å². The van der Waals surface area contributed by atoms with E-state index < -0.39 is 11.5 Å². The van der Waals surface area contributed by atoms with Crippen molar-refractivity contribution in [1.82, 2.24) is 24.8 Å². The lowest BCUT2D eigenvalue weighted by Gasteiger charge is -2.21. The first kappa shape index (κ1) is 17.9. The fourth-order valence-corrected chi connectivity index (χ4v) is 4.48. The molecule has 1 aliphatic rings. The summed E-state index contributed by atoms with van der Waals surface area (Å²) in [5.41, 5.74) is 1.27. The maximum Gasteiger partial charge on any atom is 0.258 e. The number of carbonyl (C=O) groups is 1. The minimum atomic E-state index is -1.52. The van der Waals surface area contributed by atoms with Crippen LogP contribution in [0.15, 0.2) is 42.0 Å². The lowest BCUT2D eigenvalue weighted by Crippen LogP contribution is -2.36. The van der Waals surface area contributed by atoms with Crippen LogP contribution in [0.4, 0.5) is 4.39 Å². The Morgan fingerprint density at radius 3 is 2.93 bits per heavy atom. The molecule has 0 unspecified atom stereocenters. The average molecular weight is 409 g/mol. The Balaban J connectivity index is 1.55. The van der Waals surface area contributed by atoms with Gasteiger partial charge in [-0.25, -0.2) is 9.97 Å². The van der Waals surface area contributed by atoms with E-state index in [1.54, 1.807) is 30.6 Å². The van der Waals surface area contributed by atoms with E-state index in [4.69, 9.17) is 0 Å². The zero-order valence-electron chi connectivity index (χ0n) is 15.4. The molecule has 1 aliphatic heterocycles. The molecule has 9 heteroatoms. The number of amides is 1. The molecule has 5 rings (SSSR count). The molecule has 1 fully saturated rings. The number of nitrogens with zero attached hydrogens (tertiary/aromatic N) is 4. The third-order valence-corrected chi connectivity index (χ3v) is 6.13. The van der Waals surface area contributed by atoms with Gasteiger partial charge in [-0.3, -0.25) is 9.78 Å². The predicted molar refractivity (Wildman–Crippen MR) is 107 cm³/mol. The fraction of sp³-hybridized carbons (Fsp3) is 0.200. The number of H-pyrrole nitrogens is 1. The van der Waals surface area contributed by atoms with Crippen molar-refractivity contribution >= 4 is 28.4 Å². The molecule has 146 valence electrons. The number of carbonyl (C=O) groups excluding carboxylic acids is 1. The molecule has 1 atom stereocenters. The summed E-state index contributed by atoms with van der Waals surface area (Å²) in [5, 5.41) is 13.3. The number of nitrogens with one attached hydrogen (secondary N) is 1. The van der Waals surface area contributed by atoms with E-state index in [0.717, 1.165) is 5.56 Å². The summed E-state index contributed by atoms with van der Waals surface area (Å²) in [6.07, 6.45) is 3.34. The van der Waals surface area contributed by atoms with E-state index >= 15 is 0 Å². The summed E-state index contributed by atoms with van der Waals surface area (Å²) in [6.45, 7) is 0.502. The summed E-state index contributed by atoms with van der Waals surface area (Å²) in [7, 11) is 1.68. The molecule has 2 N–H and O–H groups in total. The molecule has 0 aliphatic carbocycles. The number of benzene rings is 1. The third kappa shape index (κ3) is 2.73. The SMILES string of the molecule is CN1CC[C@@](O)(c2cccc(-c3nc(-c4c(F)[nH]c5nccnc45)cs3)c2)C1=O. The molecule has 0 bridgehead atoms. The zero-order valence-corrected chi connectivity index (χ0v) is 16.2. The van der Waals surface area contributed by atoms with Gasteiger partial charge in [-0.1, -0.05) is 18.2 Å². The van der Waals surface area contributed by atoms with E-state index in [1.807, 2.05) is 6.07 Å². The first-order valence-corrected chi connectivity index (χ1v) is 9.88. The topological polar surface area (TPSA) is 95.0 Å². The summed E-state index contributed by atoms with van der Waals surface area (Å²) in [4.78, 5) is 29.4. The number of likely N-dealkylation sites (tertiary alicyclic amines) is 1. The molecule has 1 saturated heterocycles. The number of thiazole rings is 1. The second-order valence-electron chi connectivity index (χ2n) is 7.02. The molecule has 0 radical (unpaired) electrons. The van der Waals surface area contributed by atoms with Gasteiger partial charge in [0.05, 0.1) is 11.3 Å². The van der Waals surface area contributed by atoms with E-state index in [2.05, 4.69) is 19.9 Å². The smallest absolute Gasteiger partial charge is 0.258 e. The molecular weight excluding hydrogens is 393 g/mol. The second kappa shape index (κ2) is 6.43. The van der Waals surface area contributed by atoms with Gasteiger partial charge in [-0.05, 0) is 11.6 Å². The highest BCUT2D eigenvalue weighted by Crippen LogP contribution is 2.37. The quantitative estimate of drug-likeness (QED) is 0.543. The molecule has 29 heavy (non-hydrogen) atoms. The molecule has 0 saturated carbocycles. The van der Waals surface area contributed by atoms with Gasteiger partial charge in [-0.15, -0.1) is 11.3 Å². The maximum absolute atomic E-state index is 14.5. The van der Waals surface area contributed by atoms with Gasteiger partial charge < -0.3 is 15.0 Å². The van der Waals surface area contributed by atoms with Crippen molar-refractivity contribution in [2.75, 3.05) is 13.6 Å². The lowest BCUT2D eigenvalue weighted by molar-refractivity contribution is -0.143. The normalized spacial score (nSPS) is 19.4. The van der Waals surface area contributed by atoms with Crippen LogP contribution in [0.2, 0.25) is 0 Å². The number of likely N-dealkylation sites (N-methyl/N-ethyl adjacent to an activating group) is 1. The van der Waals surface area contributed by atoms with Crippen molar-refractivity contribution in [3.63, 3.8) is 0 Å². The van der Waals surface area contributed by atoms with Crippen LogP contribution in [0.25, 0.3) is 33.0 Å². The largest absolute Gasteiger partial charge is 0.375 e. The van der Waals surface area contributed by atoms with Crippen LogP contribution < -0.4 is 0 Å². The van der Waals surface area contributed by atoms with Crippen molar-refractivity contribution in [3.05, 3.63) is 53.6 Å². The zero-order chi connectivity index (χ0) is 20.2. The van der Waals surface area contributed by atoms with Crippen molar-refractivity contribution in [2.45, 2.75) is 12.0 Å². The minimum Gasteiger partial charge on any atom is -0.375 e. The Morgan fingerprint density at radius 2 is 2.14 bits per heavy atom. The van der Waals surface area contributed by atoms with Crippen LogP contribution in [-0.4, -0.2) is 49.4 Å². The number of fused-ring (bicyclic) bond motifs is 1. The van der Waals surface area contributed by atoms with Gasteiger partial charge in [0.25, 0.3) is 5.91 Å². The van der Waals surface area contributed by atoms with Crippen LogP contribution in [0, 0.1) is 5.95 Å². The number of hydrogen-bond donors (Lipinski definition) is 2.